The van der Waals surface area contributed by atoms with Gasteiger partial charge in [0.05, 0.1) is 6.61 Å². The van der Waals surface area contributed by atoms with Crippen LogP contribution in [0.5, 0.6) is 0 Å². The highest BCUT2D eigenvalue weighted by Gasteiger charge is 2.33. The number of hydrogen-bond donors (Lipinski definition) is 0. The van der Waals surface area contributed by atoms with E-state index in [-0.39, 0.29) is 17.8 Å². The van der Waals surface area contributed by atoms with Crippen molar-refractivity contribution in [3.05, 3.63) is 0 Å². The van der Waals surface area contributed by atoms with E-state index in [0.29, 0.717) is 6.61 Å². The van der Waals surface area contributed by atoms with Gasteiger partial charge in [0, 0.05) is 14.2 Å². The lowest BCUT2D eigenvalue weighted by molar-refractivity contribution is -0.183. The fourth-order valence-electron chi connectivity index (χ4n) is 1.49. The lowest BCUT2D eigenvalue weighted by Crippen LogP contribution is -2.37. The third kappa shape index (κ3) is 4.18. The number of ether oxygens (including phenoxy) is 3. The van der Waals surface area contributed by atoms with Gasteiger partial charge < -0.3 is 14.2 Å². The Morgan fingerprint density at radius 1 is 1.20 bits per heavy atom. The summed E-state index contributed by atoms with van der Waals surface area (Å²) in [6.07, 6.45) is 0.353. The van der Waals surface area contributed by atoms with E-state index in [2.05, 4.69) is 0 Å². The molecule has 0 N–H and O–H groups in total. The van der Waals surface area contributed by atoms with Crippen molar-refractivity contribution in [3.63, 3.8) is 0 Å². The van der Waals surface area contributed by atoms with Crippen molar-refractivity contribution in [1.29, 1.82) is 0 Å². The van der Waals surface area contributed by atoms with E-state index in [9.17, 15) is 4.79 Å². The summed E-state index contributed by atoms with van der Waals surface area (Å²) in [5.41, 5.74) is 0. The second-order valence-corrected chi connectivity index (χ2v) is 3.50. The van der Waals surface area contributed by atoms with Crippen LogP contribution in [-0.2, 0) is 19.0 Å². The van der Waals surface area contributed by atoms with Gasteiger partial charge >= 0.3 is 5.97 Å². The molecule has 4 heteroatoms. The highest BCUT2D eigenvalue weighted by Crippen LogP contribution is 2.23. The molecule has 0 bridgehead atoms. The second kappa shape index (κ2) is 7.65. The van der Waals surface area contributed by atoms with Gasteiger partial charge in [-0.05, 0) is 12.8 Å². The van der Waals surface area contributed by atoms with Gasteiger partial charge in [0.15, 0.2) is 6.29 Å². The average molecular weight is 218 g/mol. The Bertz CT molecular complexity index is 177. The monoisotopic (exact) mass is 218 g/mol. The van der Waals surface area contributed by atoms with Crippen molar-refractivity contribution in [2.75, 3.05) is 20.8 Å². The Balaban J connectivity index is 4.62. The molecule has 0 aromatic heterocycles. The van der Waals surface area contributed by atoms with E-state index in [1.54, 1.807) is 6.92 Å². The number of esters is 1. The first-order valence-corrected chi connectivity index (χ1v) is 5.34. The molecule has 2 unspecified atom stereocenters. The Labute approximate surface area is 91.9 Å². The van der Waals surface area contributed by atoms with Crippen LogP contribution in [0.2, 0.25) is 0 Å². The minimum absolute atomic E-state index is 0.175. The zero-order chi connectivity index (χ0) is 11.8. The summed E-state index contributed by atoms with van der Waals surface area (Å²) in [6, 6.07) is 0. The van der Waals surface area contributed by atoms with Crippen molar-refractivity contribution in [2.45, 2.75) is 33.5 Å². The normalized spacial score (nSPS) is 15.1. The summed E-state index contributed by atoms with van der Waals surface area (Å²) < 4.78 is 15.3. The highest BCUT2D eigenvalue weighted by atomic mass is 16.7. The minimum atomic E-state index is -0.529. The molecule has 0 aliphatic carbocycles. The molecular weight excluding hydrogens is 196 g/mol. The molecule has 90 valence electrons. The quantitative estimate of drug-likeness (QED) is 0.483. The third-order valence-corrected chi connectivity index (χ3v) is 2.57. The molecule has 0 spiro atoms. The smallest absolute Gasteiger partial charge is 0.314 e. The third-order valence-electron chi connectivity index (χ3n) is 2.57. The van der Waals surface area contributed by atoms with Gasteiger partial charge in [0.1, 0.15) is 5.92 Å². The molecule has 0 aliphatic rings. The van der Waals surface area contributed by atoms with E-state index in [1.165, 1.54) is 14.2 Å². The van der Waals surface area contributed by atoms with Gasteiger partial charge in [-0.2, -0.15) is 0 Å². The molecule has 0 radical (unpaired) electrons. The van der Waals surface area contributed by atoms with Crippen LogP contribution in [0.4, 0.5) is 0 Å². The molecule has 0 aromatic rings. The predicted molar refractivity (Wildman–Crippen MR) is 57.4 cm³/mol. The summed E-state index contributed by atoms with van der Waals surface area (Å²) in [7, 11) is 3.06. The molecule has 0 amide bonds. The molecule has 0 fully saturated rings. The van der Waals surface area contributed by atoms with Crippen LogP contribution in [0.3, 0.4) is 0 Å². The molecule has 4 nitrogen and oxygen atoms in total. The van der Waals surface area contributed by atoms with Crippen LogP contribution in [0.1, 0.15) is 27.2 Å². The molecule has 0 aliphatic heterocycles. The zero-order valence-electron chi connectivity index (χ0n) is 10.3. The van der Waals surface area contributed by atoms with Crippen LogP contribution >= 0.6 is 0 Å². The summed E-state index contributed by atoms with van der Waals surface area (Å²) in [4.78, 5) is 11.7. The second-order valence-electron chi connectivity index (χ2n) is 3.50. The first-order chi connectivity index (χ1) is 7.12. The summed E-state index contributed by atoms with van der Waals surface area (Å²) in [5.74, 6) is -0.431. The lowest BCUT2D eigenvalue weighted by atomic mass is 9.91. The maximum Gasteiger partial charge on any atom is 0.314 e. The Hall–Kier alpha value is -0.610. The van der Waals surface area contributed by atoms with Crippen LogP contribution in [0.15, 0.2) is 0 Å². The van der Waals surface area contributed by atoms with E-state index >= 15 is 0 Å². The van der Waals surface area contributed by atoms with Gasteiger partial charge in [0.25, 0.3) is 0 Å². The molecule has 0 heterocycles. The maximum absolute atomic E-state index is 11.7. The fourth-order valence-corrected chi connectivity index (χ4v) is 1.49. The largest absolute Gasteiger partial charge is 0.466 e. The molecular formula is C11H22O4. The number of rotatable bonds is 7. The van der Waals surface area contributed by atoms with Crippen molar-refractivity contribution in [1.82, 2.24) is 0 Å². The van der Waals surface area contributed by atoms with E-state index in [4.69, 9.17) is 14.2 Å². The topological polar surface area (TPSA) is 44.8 Å². The maximum atomic E-state index is 11.7. The molecule has 0 aromatic carbocycles. The molecule has 0 saturated carbocycles. The van der Waals surface area contributed by atoms with Crippen molar-refractivity contribution >= 4 is 5.97 Å². The molecule has 15 heavy (non-hydrogen) atoms. The first-order valence-electron chi connectivity index (χ1n) is 5.34. The molecule has 0 saturated heterocycles. The first kappa shape index (κ1) is 14.4. The summed E-state index contributed by atoms with van der Waals surface area (Å²) in [5, 5.41) is 0. The summed E-state index contributed by atoms with van der Waals surface area (Å²) in [6.45, 7) is 6.19. The van der Waals surface area contributed by atoms with Crippen LogP contribution in [0, 0.1) is 11.8 Å². The van der Waals surface area contributed by atoms with Crippen molar-refractivity contribution < 1.29 is 19.0 Å². The van der Waals surface area contributed by atoms with Crippen LogP contribution in [-0.4, -0.2) is 33.1 Å². The average Bonchev–Trinajstić information content (AvgIpc) is 2.24. The SMILES string of the molecule is CCOC(=O)C(C(C)CC)C(OC)OC. The van der Waals surface area contributed by atoms with Gasteiger partial charge in [-0.1, -0.05) is 20.3 Å². The lowest BCUT2D eigenvalue weighted by Gasteiger charge is -2.27. The number of methoxy groups -OCH3 is 2. The van der Waals surface area contributed by atoms with Crippen LogP contribution in [0.25, 0.3) is 0 Å². The Morgan fingerprint density at radius 3 is 2.07 bits per heavy atom. The Kier molecular flexibility index (Phi) is 7.34. The predicted octanol–water partition coefficient (Wildman–Crippen LogP) is 1.83. The molecule has 0 rings (SSSR count). The van der Waals surface area contributed by atoms with Gasteiger partial charge in [0.2, 0.25) is 0 Å². The van der Waals surface area contributed by atoms with E-state index < -0.39 is 6.29 Å². The summed E-state index contributed by atoms with van der Waals surface area (Å²) >= 11 is 0. The van der Waals surface area contributed by atoms with E-state index in [1.807, 2.05) is 13.8 Å². The minimum Gasteiger partial charge on any atom is -0.466 e. The van der Waals surface area contributed by atoms with Gasteiger partial charge in [-0.25, -0.2) is 0 Å². The van der Waals surface area contributed by atoms with E-state index in [0.717, 1.165) is 6.42 Å². The van der Waals surface area contributed by atoms with Gasteiger partial charge in [-0.3, -0.25) is 4.79 Å². The van der Waals surface area contributed by atoms with Crippen molar-refractivity contribution in [2.24, 2.45) is 11.8 Å². The van der Waals surface area contributed by atoms with Crippen LogP contribution < -0.4 is 0 Å². The number of carbonyl (C=O) groups is 1. The number of hydrogen-bond acceptors (Lipinski definition) is 4. The highest BCUT2D eigenvalue weighted by molar-refractivity contribution is 5.73. The zero-order valence-corrected chi connectivity index (χ0v) is 10.3. The molecule has 2 atom stereocenters. The van der Waals surface area contributed by atoms with Crippen molar-refractivity contribution in [3.8, 4) is 0 Å². The standard InChI is InChI=1S/C11H22O4/c1-6-8(3)9(10(12)15-7-2)11(13-4)14-5/h8-9,11H,6-7H2,1-5H3. The number of carbonyl (C=O) groups excluding carboxylic acids is 1. The fraction of sp³-hybridized carbons (Fsp3) is 0.909. The Morgan fingerprint density at radius 2 is 1.73 bits per heavy atom. The van der Waals surface area contributed by atoms with Gasteiger partial charge in [-0.15, -0.1) is 0 Å².